The second-order valence-corrected chi connectivity index (χ2v) is 10.1. The molecule has 0 saturated heterocycles. The first kappa shape index (κ1) is 18.9. The number of ether oxygens (including phenoxy) is 1. The molecule has 0 aromatic heterocycles. The normalized spacial score (nSPS) is 40.2. The zero-order valence-corrected chi connectivity index (χ0v) is 16.9. The van der Waals surface area contributed by atoms with Gasteiger partial charge in [-0.1, -0.05) is 18.2 Å². The monoisotopic (exact) mass is 398 g/mol. The zero-order chi connectivity index (χ0) is 20.4. The number of hydrogen-bond acceptors (Lipinski definition) is 5. The number of carbonyl (C=O) groups excluding carboxylic acids is 1. The number of carboxylic acid groups (broad SMARTS) is 1. The highest BCUT2D eigenvalue weighted by Crippen LogP contribution is 2.58. The van der Waals surface area contributed by atoms with Crippen LogP contribution in [0.3, 0.4) is 0 Å². The largest absolute Gasteiger partial charge is 0.480 e. The minimum Gasteiger partial charge on any atom is -0.480 e. The molecule has 3 atom stereocenters. The van der Waals surface area contributed by atoms with Gasteiger partial charge in [-0.3, -0.25) is 4.79 Å². The Hall–Kier alpha value is -2.08. The molecule has 4 fully saturated rings. The number of esters is 1. The van der Waals surface area contributed by atoms with Gasteiger partial charge in [-0.15, -0.1) is 0 Å². The number of rotatable bonds is 5. The van der Waals surface area contributed by atoms with Crippen LogP contribution in [0.1, 0.15) is 63.4 Å². The Morgan fingerprint density at radius 1 is 1.17 bits per heavy atom. The van der Waals surface area contributed by atoms with E-state index in [1.807, 2.05) is 31.2 Å². The molecule has 4 saturated carbocycles. The van der Waals surface area contributed by atoms with E-state index < -0.39 is 17.6 Å². The fourth-order valence-corrected chi connectivity index (χ4v) is 6.96. The van der Waals surface area contributed by atoms with Gasteiger partial charge in [0.25, 0.3) is 0 Å². The third-order valence-electron chi connectivity index (χ3n) is 7.95. The van der Waals surface area contributed by atoms with Crippen molar-refractivity contribution in [1.29, 1.82) is 0 Å². The Bertz CT molecular complexity index is 818. The third kappa shape index (κ3) is 3.03. The Morgan fingerprint density at radius 3 is 2.34 bits per heavy atom. The van der Waals surface area contributed by atoms with Crippen molar-refractivity contribution in [2.75, 3.05) is 5.32 Å². The standard InChI is InChI=1S/C23H30N2O4/c1-22(17(9-18(24)20(26)27)16-4-2-3-5-19(16)25-22)21(28)29-23-10-13-6-14(11-23)8-15(7-13)12-23/h2-5,13-15,17-18,25H,6-12,24H2,1H3,(H,26,27). The Balaban J connectivity index is 1.42. The molecule has 6 nitrogen and oxygen atoms in total. The van der Waals surface area contributed by atoms with Crippen molar-refractivity contribution in [1.82, 2.24) is 0 Å². The summed E-state index contributed by atoms with van der Waals surface area (Å²) in [5, 5.41) is 12.7. The summed E-state index contributed by atoms with van der Waals surface area (Å²) >= 11 is 0. The molecule has 0 radical (unpaired) electrons. The van der Waals surface area contributed by atoms with E-state index in [1.54, 1.807) is 0 Å². The van der Waals surface area contributed by atoms with Crippen LogP contribution in [0.15, 0.2) is 24.3 Å². The number of fused-ring (bicyclic) bond motifs is 1. The fraction of sp³-hybridized carbons (Fsp3) is 0.652. The third-order valence-corrected chi connectivity index (χ3v) is 7.95. The lowest BCUT2D eigenvalue weighted by molar-refractivity contribution is -0.191. The Morgan fingerprint density at radius 2 is 1.76 bits per heavy atom. The molecule has 156 valence electrons. The Kier molecular flexibility index (Phi) is 4.21. The van der Waals surface area contributed by atoms with Crippen molar-refractivity contribution in [3.8, 4) is 0 Å². The molecule has 6 heteroatoms. The summed E-state index contributed by atoms with van der Waals surface area (Å²) in [6, 6.07) is 6.68. The average Bonchev–Trinajstić information content (AvgIpc) is 2.93. The van der Waals surface area contributed by atoms with Gasteiger partial charge in [0.05, 0.1) is 0 Å². The molecular formula is C23H30N2O4. The molecule has 29 heavy (non-hydrogen) atoms. The number of para-hydroxylation sites is 1. The number of hydrogen-bond donors (Lipinski definition) is 3. The molecule has 3 unspecified atom stereocenters. The molecule has 0 amide bonds. The number of nitrogens with one attached hydrogen (secondary N) is 1. The summed E-state index contributed by atoms with van der Waals surface area (Å²) in [5.41, 5.74) is 6.34. The first-order chi connectivity index (χ1) is 13.8. The topological polar surface area (TPSA) is 102 Å². The van der Waals surface area contributed by atoms with Crippen molar-refractivity contribution >= 4 is 17.6 Å². The quantitative estimate of drug-likeness (QED) is 0.658. The minimum atomic E-state index is -1.05. The van der Waals surface area contributed by atoms with E-state index >= 15 is 0 Å². The highest BCUT2D eigenvalue weighted by molar-refractivity contribution is 5.90. The van der Waals surface area contributed by atoms with Crippen molar-refractivity contribution in [3.63, 3.8) is 0 Å². The smallest absolute Gasteiger partial charge is 0.332 e. The molecule has 4 bridgehead atoms. The molecule has 4 aliphatic carbocycles. The lowest BCUT2D eigenvalue weighted by Gasteiger charge is -2.56. The van der Waals surface area contributed by atoms with Gasteiger partial charge in [-0.25, -0.2) is 4.79 Å². The van der Waals surface area contributed by atoms with E-state index in [0.717, 1.165) is 30.5 Å². The van der Waals surface area contributed by atoms with Crippen molar-refractivity contribution in [2.45, 2.75) is 75.0 Å². The second kappa shape index (κ2) is 6.46. The van der Waals surface area contributed by atoms with Gasteiger partial charge >= 0.3 is 11.9 Å². The molecule has 5 aliphatic rings. The summed E-state index contributed by atoms with van der Waals surface area (Å²) in [4.78, 5) is 25.0. The SMILES string of the molecule is CC1(C(=O)OC23CC4CC(CC(C4)C2)C3)Nc2ccccc2C1CC(N)C(=O)O. The Labute approximate surface area is 171 Å². The predicted molar refractivity (Wildman–Crippen MR) is 108 cm³/mol. The summed E-state index contributed by atoms with van der Waals surface area (Å²) in [5.74, 6) is 0.404. The van der Waals surface area contributed by atoms with E-state index in [-0.39, 0.29) is 23.9 Å². The van der Waals surface area contributed by atoms with Gasteiger partial charge < -0.3 is 20.9 Å². The summed E-state index contributed by atoms with van der Waals surface area (Å²) in [7, 11) is 0. The fourth-order valence-electron chi connectivity index (χ4n) is 6.96. The van der Waals surface area contributed by atoms with Crippen LogP contribution in [0.4, 0.5) is 5.69 Å². The highest BCUT2D eigenvalue weighted by Gasteiger charge is 2.57. The highest BCUT2D eigenvalue weighted by atomic mass is 16.6. The number of carbonyl (C=O) groups is 2. The van der Waals surface area contributed by atoms with E-state index in [2.05, 4.69) is 5.32 Å². The lowest BCUT2D eigenvalue weighted by Crippen LogP contribution is -2.57. The van der Waals surface area contributed by atoms with E-state index in [0.29, 0.717) is 17.8 Å². The van der Waals surface area contributed by atoms with Gasteiger partial charge in [0.2, 0.25) is 0 Å². The van der Waals surface area contributed by atoms with Gasteiger partial charge in [-0.2, -0.15) is 0 Å². The van der Waals surface area contributed by atoms with Crippen LogP contribution >= 0.6 is 0 Å². The molecule has 4 N–H and O–H groups in total. The van der Waals surface area contributed by atoms with Crippen molar-refractivity contribution < 1.29 is 19.4 Å². The van der Waals surface area contributed by atoms with Crippen LogP contribution in [0, 0.1) is 17.8 Å². The number of nitrogens with two attached hydrogens (primary N) is 1. The van der Waals surface area contributed by atoms with Gasteiger partial charge in [0, 0.05) is 11.6 Å². The first-order valence-corrected chi connectivity index (χ1v) is 10.9. The summed E-state index contributed by atoms with van der Waals surface area (Å²) < 4.78 is 6.35. The van der Waals surface area contributed by atoms with E-state index in [9.17, 15) is 14.7 Å². The van der Waals surface area contributed by atoms with Crippen LogP contribution < -0.4 is 11.1 Å². The molecule has 6 rings (SSSR count). The van der Waals surface area contributed by atoms with Gasteiger partial charge in [0.1, 0.15) is 17.2 Å². The van der Waals surface area contributed by atoms with Crippen LogP contribution in [-0.4, -0.2) is 34.2 Å². The van der Waals surface area contributed by atoms with Gasteiger partial charge in [0.15, 0.2) is 0 Å². The number of carboxylic acids is 1. The number of aliphatic carboxylic acids is 1. The van der Waals surface area contributed by atoms with Crippen molar-refractivity contribution in [3.05, 3.63) is 29.8 Å². The number of benzene rings is 1. The second-order valence-electron chi connectivity index (χ2n) is 10.1. The maximum Gasteiger partial charge on any atom is 0.332 e. The molecule has 1 aromatic carbocycles. The van der Waals surface area contributed by atoms with Crippen LogP contribution in [0.2, 0.25) is 0 Å². The zero-order valence-electron chi connectivity index (χ0n) is 16.9. The lowest BCUT2D eigenvalue weighted by atomic mass is 9.54. The summed E-state index contributed by atoms with van der Waals surface area (Å²) in [6.45, 7) is 1.84. The maximum absolute atomic E-state index is 13.6. The molecule has 0 spiro atoms. The van der Waals surface area contributed by atoms with Crippen LogP contribution in [0.5, 0.6) is 0 Å². The molecule has 1 aromatic rings. The van der Waals surface area contributed by atoms with Crippen LogP contribution in [-0.2, 0) is 14.3 Å². The first-order valence-electron chi connectivity index (χ1n) is 10.9. The molecule has 1 aliphatic heterocycles. The average molecular weight is 399 g/mol. The summed E-state index contributed by atoms with van der Waals surface area (Å²) in [6.07, 6.45) is 6.98. The van der Waals surface area contributed by atoms with Crippen molar-refractivity contribution in [2.24, 2.45) is 23.5 Å². The minimum absolute atomic E-state index is 0.186. The predicted octanol–water partition coefficient (Wildman–Crippen LogP) is 3.27. The van der Waals surface area contributed by atoms with E-state index in [4.69, 9.17) is 10.5 Å². The van der Waals surface area contributed by atoms with Crippen LogP contribution in [0.25, 0.3) is 0 Å². The van der Waals surface area contributed by atoms with Gasteiger partial charge in [-0.05, 0) is 81.3 Å². The number of anilines is 1. The molecule has 1 heterocycles. The maximum atomic E-state index is 13.6. The molecular weight excluding hydrogens is 368 g/mol. The van der Waals surface area contributed by atoms with E-state index in [1.165, 1.54) is 19.3 Å².